The Kier molecular flexibility index (Phi) is 6.57. The van der Waals surface area contributed by atoms with Gasteiger partial charge < -0.3 is 5.32 Å². The lowest BCUT2D eigenvalue weighted by Crippen LogP contribution is -2.37. The quantitative estimate of drug-likeness (QED) is 0.514. The third-order valence-electron chi connectivity index (χ3n) is 4.93. The number of aromatic nitrogens is 1. The molecule has 0 spiro atoms. The van der Waals surface area contributed by atoms with Crippen molar-refractivity contribution < 1.29 is 4.79 Å². The van der Waals surface area contributed by atoms with E-state index in [1.807, 2.05) is 16.8 Å². The van der Waals surface area contributed by atoms with Gasteiger partial charge in [-0.2, -0.15) is 0 Å². The van der Waals surface area contributed by atoms with Crippen molar-refractivity contribution in [1.29, 1.82) is 0 Å². The van der Waals surface area contributed by atoms with Gasteiger partial charge in [0.1, 0.15) is 5.01 Å². The van der Waals surface area contributed by atoms with Gasteiger partial charge in [-0.3, -0.25) is 9.69 Å². The molecule has 4 nitrogen and oxygen atoms in total. The van der Waals surface area contributed by atoms with Gasteiger partial charge in [-0.05, 0) is 53.5 Å². The van der Waals surface area contributed by atoms with E-state index in [0.29, 0.717) is 13.0 Å². The number of nitrogens with one attached hydrogen (secondary N) is 1. The monoisotopic (exact) mass is 475 g/mol. The van der Waals surface area contributed by atoms with Crippen LogP contribution >= 0.6 is 38.6 Å². The Labute approximate surface area is 181 Å². The predicted octanol–water partition coefficient (Wildman–Crippen LogP) is 5.13. The molecule has 1 unspecified atom stereocenters. The summed E-state index contributed by atoms with van der Waals surface area (Å²) >= 11 is 6.72. The van der Waals surface area contributed by atoms with E-state index in [-0.39, 0.29) is 11.9 Å². The van der Waals surface area contributed by atoms with E-state index in [9.17, 15) is 4.79 Å². The van der Waals surface area contributed by atoms with Gasteiger partial charge in [0.15, 0.2) is 0 Å². The molecule has 2 aromatic heterocycles. The van der Waals surface area contributed by atoms with E-state index in [1.165, 1.54) is 18.4 Å². The molecule has 146 valence electrons. The van der Waals surface area contributed by atoms with Crippen LogP contribution in [-0.4, -0.2) is 35.4 Å². The lowest BCUT2D eigenvalue weighted by molar-refractivity contribution is -0.120. The summed E-state index contributed by atoms with van der Waals surface area (Å²) in [7, 11) is 0. The van der Waals surface area contributed by atoms with E-state index in [1.54, 1.807) is 22.7 Å². The molecule has 4 rings (SSSR count). The Hall–Kier alpha value is -1.54. The number of carbonyl (C=O) groups excluding carboxylic acids is 1. The third kappa shape index (κ3) is 4.89. The molecule has 1 aliphatic rings. The predicted molar refractivity (Wildman–Crippen MR) is 120 cm³/mol. The fourth-order valence-electron chi connectivity index (χ4n) is 3.55. The van der Waals surface area contributed by atoms with Crippen LogP contribution in [0.2, 0.25) is 0 Å². The van der Waals surface area contributed by atoms with Gasteiger partial charge in [-0.15, -0.1) is 22.7 Å². The van der Waals surface area contributed by atoms with Crippen molar-refractivity contribution in [3.05, 3.63) is 62.9 Å². The van der Waals surface area contributed by atoms with Crippen LogP contribution < -0.4 is 5.32 Å². The van der Waals surface area contributed by atoms with E-state index in [0.717, 1.165) is 33.1 Å². The summed E-state index contributed by atoms with van der Waals surface area (Å²) in [6.45, 7) is 2.83. The highest BCUT2D eigenvalue weighted by Crippen LogP contribution is 2.32. The van der Waals surface area contributed by atoms with Crippen molar-refractivity contribution in [3.63, 3.8) is 0 Å². The molecule has 28 heavy (non-hydrogen) atoms. The van der Waals surface area contributed by atoms with Crippen molar-refractivity contribution in [3.8, 4) is 9.88 Å². The van der Waals surface area contributed by atoms with Crippen LogP contribution in [0, 0.1) is 0 Å². The normalized spacial score (nSPS) is 15.6. The number of benzene rings is 1. The minimum absolute atomic E-state index is 0.0318. The Balaban J connectivity index is 1.37. The van der Waals surface area contributed by atoms with Crippen LogP contribution in [0.3, 0.4) is 0 Å². The van der Waals surface area contributed by atoms with Crippen molar-refractivity contribution in [2.75, 3.05) is 19.6 Å². The summed E-state index contributed by atoms with van der Waals surface area (Å²) < 4.78 is 1.07. The van der Waals surface area contributed by atoms with Crippen molar-refractivity contribution in [2.45, 2.75) is 25.3 Å². The SMILES string of the molecule is O=C(Cc1csc(-c2cc(Br)cs2)n1)NCC(c1ccccc1)N1CCCC1. The van der Waals surface area contributed by atoms with E-state index >= 15 is 0 Å². The number of carbonyl (C=O) groups is 1. The summed E-state index contributed by atoms with van der Waals surface area (Å²) in [4.78, 5) is 20.8. The topological polar surface area (TPSA) is 45.2 Å². The number of amides is 1. The second-order valence-electron chi connectivity index (χ2n) is 6.92. The average Bonchev–Trinajstić information content (AvgIpc) is 3.45. The van der Waals surface area contributed by atoms with Crippen molar-refractivity contribution in [1.82, 2.24) is 15.2 Å². The second-order valence-corrected chi connectivity index (χ2v) is 9.61. The number of rotatable bonds is 7. The zero-order chi connectivity index (χ0) is 19.3. The Morgan fingerprint density at radius 3 is 2.68 bits per heavy atom. The van der Waals surface area contributed by atoms with Gasteiger partial charge in [-0.1, -0.05) is 30.3 Å². The van der Waals surface area contributed by atoms with E-state index in [2.05, 4.69) is 61.5 Å². The lowest BCUT2D eigenvalue weighted by Gasteiger charge is -2.28. The first-order chi connectivity index (χ1) is 13.7. The molecule has 1 aromatic carbocycles. The van der Waals surface area contributed by atoms with Crippen molar-refractivity contribution in [2.24, 2.45) is 0 Å². The fourth-order valence-corrected chi connectivity index (χ4v) is 5.88. The molecule has 1 amide bonds. The first kappa shape index (κ1) is 19.8. The zero-order valence-corrected chi connectivity index (χ0v) is 18.7. The van der Waals surface area contributed by atoms with Crippen LogP contribution in [0.4, 0.5) is 0 Å². The summed E-state index contributed by atoms with van der Waals surface area (Å²) in [6, 6.07) is 12.8. The Bertz CT molecular complexity index is 919. The summed E-state index contributed by atoms with van der Waals surface area (Å²) in [5.41, 5.74) is 2.10. The van der Waals surface area contributed by atoms with Crippen LogP contribution in [-0.2, 0) is 11.2 Å². The number of hydrogen-bond acceptors (Lipinski definition) is 5. The maximum absolute atomic E-state index is 12.5. The average molecular weight is 476 g/mol. The number of halogens is 1. The molecule has 3 heterocycles. The molecule has 1 fully saturated rings. The minimum atomic E-state index is 0.0318. The summed E-state index contributed by atoms with van der Waals surface area (Å²) in [5.74, 6) is 0.0318. The highest BCUT2D eigenvalue weighted by atomic mass is 79.9. The van der Waals surface area contributed by atoms with Crippen LogP contribution in [0.5, 0.6) is 0 Å². The Morgan fingerprint density at radius 1 is 1.18 bits per heavy atom. The lowest BCUT2D eigenvalue weighted by atomic mass is 10.1. The summed E-state index contributed by atoms with van der Waals surface area (Å²) in [6.07, 6.45) is 2.79. The molecule has 1 atom stereocenters. The van der Waals surface area contributed by atoms with Gasteiger partial charge in [0, 0.05) is 21.8 Å². The molecule has 7 heteroatoms. The van der Waals surface area contributed by atoms with Gasteiger partial charge in [0.05, 0.1) is 23.0 Å². The number of nitrogens with zero attached hydrogens (tertiary/aromatic N) is 2. The highest BCUT2D eigenvalue weighted by Gasteiger charge is 2.24. The van der Waals surface area contributed by atoms with Gasteiger partial charge in [0.2, 0.25) is 5.91 Å². The third-order valence-corrected chi connectivity index (χ3v) is 7.68. The second kappa shape index (κ2) is 9.31. The van der Waals surface area contributed by atoms with Crippen LogP contribution in [0.25, 0.3) is 9.88 Å². The molecule has 0 bridgehead atoms. The number of hydrogen-bond donors (Lipinski definition) is 1. The Morgan fingerprint density at radius 2 is 1.96 bits per heavy atom. The minimum Gasteiger partial charge on any atom is -0.354 e. The van der Waals surface area contributed by atoms with Crippen LogP contribution in [0.1, 0.15) is 30.1 Å². The molecule has 1 saturated heterocycles. The highest BCUT2D eigenvalue weighted by molar-refractivity contribution is 9.10. The number of thiazole rings is 1. The standard InChI is InChI=1S/C21H22BrN3OS2/c22-16-10-19(27-13-16)21-24-17(14-28-21)11-20(26)23-12-18(25-8-4-5-9-25)15-6-2-1-3-7-15/h1-3,6-7,10,13-14,18H,4-5,8-9,11-12H2,(H,23,26). The maximum Gasteiger partial charge on any atom is 0.226 e. The smallest absolute Gasteiger partial charge is 0.226 e. The molecule has 1 aliphatic heterocycles. The molecular weight excluding hydrogens is 454 g/mol. The van der Waals surface area contributed by atoms with Crippen LogP contribution in [0.15, 0.2) is 51.6 Å². The van der Waals surface area contributed by atoms with E-state index < -0.39 is 0 Å². The first-order valence-electron chi connectivity index (χ1n) is 9.43. The van der Waals surface area contributed by atoms with Gasteiger partial charge in [-0.25, -0.2) is 4.98 Å². The molecule has 0 aliphatic carbocycles. The molecular formula is C21H22BrN3OS2. The molecule has 0 radical (unpaired) electrons. The molecule has 0 saturated carbocycles. The zero-order valence-electron chi connectivity index (χ0n) is 15.4. The first-order valence-corrected chi connectivity index (χ1v) is 12.0. The van der Waals surface area contributed by atoms with Gasteiger partial charge >= 0.3 is 0 Å². The summed E-state index contributed by atoms with van der Waals surface area (Å²) in [5, 5.41) is 8.14. The molecule has 1 N–H and O–H groups in total. The number of likely N-dealkylation sites (tertiary alicyclic amines) is 1. The van der Waals surface area contributed by atoms with Gasteiger partial charge in [0.25, 0.3) is 0 Å². The maximum atomic E-state index is 12.5. The van der Waals surface area contributed by atoms with E-state index in [4.69, 9.17) is 0 Å². The molecule has 3 aromatic rings. The number of thiophene rings is 1. The van der Waals surface area contributed by atoms with Crippen molar-refractivity contribution >= 4 is 44.5 Å². The largest absolute Gasteiger partial charge is 0.354 e. The fraction of sp³-hybridized carbons (Fsp3) is 0.333.